The summed E-state index contributed by atoms with van der Waals surface area (Å²) in [5, 5.41) is 0. The third-order valence-corrected chi connectivity index (χ3v) is 8.16. The molecular formula is C21H29N3O5S. The minimum Gasteiger partial charge on any atom is -0.378 e. The number of morpholine rings is 1. The summed E-state index contributed by atoms with van der Waals surface area (Å²) in [6.07, 6.45) is 2.01. The zero-order valence-corrected chi connectivity index (χ0v) is 18.4. The lowest BCUT2D eigenvalue weighted by atomic mass is 9.98. The molecule has 164 valence electrons. The van der Waals surface area contributed by atoms with Crippen LogP contribution in [0.25, 0.3) is 0 Å². The van der Waals surface area contributed by atoms with Crippen molar-refractivity contribution in [1.29, 1.82) is 0 Å². The Morgan fingerprint density at radius 1 is 1.13 bits per heavy atom. The number of nitrogens with zero attached hydrogens (tertiary/aromatic N) is 3. The Labute approximate surface area is 177 Å². The second-order valence-electron chi connectivity index (χ2n) is 8.37. The summed E-state index contributed by atoms with van der Waals surface area (Å²) in [7, 11) is -3.70. The molecule has 1 aromatic rings. The molecule has 0 spiro atoms. The predicted octanol–water partition coefficient (Wildman–Crippen LogP) is 1.24. The first-order valence-corrected chi connectivity index (χ1v) is 12.0. The number of sulfonamides is 1. The monoisotopic (exact) mass is 435 g/mol. The first-order valence-electron chi connectivity index (χ1n) is 10.6. The number of benzene rings is 1. The highest BCUT2D eigenvalue weighted by molar-refractivity contribution is 7.89. The fourth-order valence-electron chi connectivity index (χ4n) is 4.80. The maximum absolute atomic E-state index is 13.3. The number of hydrogen-bond donors (Lipinski definition) is 0. The van der Waals surface area contributed by atoms with Crippen LogP contribution >= 0.6 is 0 Å². The Hall–Kier alpha value is -1.97. The van der Waals surface area contributed by atoms with Crippen molar-refractivity contribution in [2.45, 2.75) is 44.0 Å². The van der Waals surface area contributed by atoms with E-state index in [1.165, 1.54) is 11.2 Å². The standard InChI is InChI=1S/C21H29N3O5S/c1-15-12-18-13-19(5-6-20(18)24(15)16(2)25)30(27,28)23-7-3-4-17(14-23)21(26)22-8-10-29-11-9-22/h5-6,13,15,17H,3-4,7-12,14H2,1-2H3/t15-,17-/m0/s1. The van der Waals surface area contributed by atoms with Gasteiger partial charge in [0.1, 0.15) is 0 Å². The molecule has 8 nitrogen and oxygen atoms in total. The minimum atomic E-state index is -3.70. The van der Waals surface area contributed by atoms with E-state index in [-0.39, 0.29) is 35.2 Å². The molecule has 2 amide bonds. The minimum absolute atomic E-state index is 0.0148. The van der Waals surface area contributed by atoms with E-state index >= 15 is 0 Å². The van der Waals surface area contributed by atoms with E-state index in [0.29, 0.717) is 52.1 Å². The molecule has 2 fully saturated rings. The van der Waals surface area contributed by atoms with Crippen LogP contribution in [0, 0.1) is 5.92 Å². The summed E-state index contributed by atoms with van der Waals surface area (Å²) in [6.45, 7) is 6.32. The van der Waals surface area contributed by atoms with Crippen molar-refractivity contribution >= 4 is 27.5 Å². The summed E-state index contributed by atoms with van der Waals surface area (Å²) < 4.78 is 33.4. The molecule has 9 heteroatoms. The maximum Gasteiger partial charge on any atom is 0.243 e. The number of carbonyl (C=O) groups excluding carboxylic acids is 2. The van der Waals surface area contributed by atoms with Gasteiger partial charge in [-0.05, 0) is 49.9 Å². The molecule has 2 atom stereocenters. The number of ether oxygens (including phenoxy) is 1. The average molecular weight is 436 g/mol. The summed E-state index contributed by atoms with van der Waals surface area (Å²) in [5.74, 6) is -0.329. The highest BCUT2D eigenvalue weighted by Gasteiger charge is 2.36. The van der Waals surface area contributed by atoms with Crippen LogP contribution in [0.4, 0.5) is 5.69 Å². The largest absolute Gasteiger partial charge is 0.378 e. The zero-order chi connectivity index (χ0) is 21.5. The van der Waals surface area contributed by atoms with Gasteiger partial charge >= 0.3 is 0 Å². The van der Waals surface area contributed by atoms with Crippen molar-refractivity contribution in [2.24, 2.45) is 5.92 Å². The molecule has 0 N–H and O–H groups in total. The van der Waals surface area contributed by atoms with Gasteiger partial charge in [-0.2, -0.15) is 4.31 Å². The molecule has 30 heavy (non-hydrogen) atoms. The van der Waals surface area contributed by atoms with E-state index in [2.05, 4.69) is 0 Å². The lowest BCUT2D eigenvalue weighted by Gasteiger charge is -2.35. The van der Waals surface area contributed by atoms with Gasteiger partial charge in [-0.25, -0.2) is 8.42 Å². The summed E-state index contributed by atoms with van der Waals surface area (Å²) in [5.41, 5.74) is 1.66. The number of fused-ring (bicyclic) bond motifs is 1. The SMILES string of the molecule is CC(=O)N1c2ccc(S(=O)(=O)N3CCC[C@H](C(=O)N4CCOCC4)C3)cc2C[C@@H]1C. The number of anilines is 1. The van der Waals surface area contributed by atoms with Crippen LogP contribution in [0.5, 0.6) is 0 Å². The summed E-state index contributed by atoms with van der Waals surface area (Å²) >= 11 is 0. The summed E-state index contributed by atoms with van der Waals surface area (Å²) in [4.78, 5) is 28.5. The number of piperidine rings is 1. The molecule has 3 heterocycles. The maximum atomic E-state index is 13.3. The topological polar surface area (TPSA) is 87.2 Å². The van der Waals surface area contributed by atoms with Crippen LogP contribution < -0.4 is 4.90 Å². The highest BCUT2D eigenvalue weighted by Crippen LogP contribution is 2.35. The molecule has 0 unspecified atom stereocenters. The van der Waals surface area contributed by atoms with Gasteiger partial charge in [-0.15, -0.1) is 0 Å². The van der Waals surface area contributed by atoms with E-state index in [1.807, 2.05) is 6.92 Å². The zero-order valence-electron chi connectivity index (χ0n) is 17.5. The molecule has 0 bridgehead atoms. The van der Waals surface area contributed by atoms with Crippen molar-refractivity contribution in [3.05, 3.63) is 23.8 Å². The van der Waals surface area contributed by atoms with E-state index in [4.69, 9.17) is 4.74 Å². The van der Waals surface area contributed by atoms with Crippen LogP contribution in [0.3, 0.4) is 0 Å². The molecule has 3 aliphatic rings. The van der Waals surface area contributed by atoms with E-state index in [1.54, 1.807) is 28.0 Å². The van der Waals surface area contributed by atoms with Crippen molar-refractivity contribution in [2.75, 3.05) is 44.3 Å². The molecule has 0 aliphatic carbocycles. The number of rotatable bonds is 3. The summed E-state index contributed by atoms with van der Waals surface area (Å²) in [6, 6.07) is 5.02. The van der Waals surface area contributed by atoms with Crippen LogP contribution in [0.1, 0.15) is 32.3 Å². The molecule has 3 aliphatic heterocycles. The van der Waals surface area contributed by atoms with E-state index < -0.39 is 10.0 Å². The van der Waals surface area contributed by atoms with Crippen molar-refractivity contribution < 1.29 is 22.7 Å². The van der Waals surface area contributed by atoms with Gasteiger partial charge in [0.2, 0.25) is 21.8 Å². The molecule has 0 saturated carbocycles. The van der Waals surface area contributed by atoms with Crippen LogP contribution in [-0.4, -0.2) is 74.9 Å². The van der Waals surface area contributed by atoms with Gasteiger partial charge in [-0.3, -0.25) is 9.59 Å². The Morgan fingerprint density at radius 2 is 1.87 bits per heavy atom. The Morgan fingerprint density at radius 3 is 2.57 bits per heavy atom. The van der Waals surface area contributed by atoms with Crippen LogP contribution in [0.15, 0.2) is 23.1 Å². The predicted molar refractivity (Wildman–Crippen MR) is 112 cm³/mol. The smallest absolute Gasteiger partial charge is 0.243 e. The number of carbonyl (C=O) groups is 2. The number of hydrogen-bond acceptors (Lipinski definition) is 5. The molecular weight excluding hydrogens is 406 g/mol. The quantitative estimate of drug-likeness (QED) is 0.713. The second-order valence-corrected chi connectivity index (χ2v) is 10.3. The highest BCUT2D eigenvalue weighted by atomic mass is 32.2. The average Bonchev–Trinajstić information content (AvgIpc) is 3.09. The van der Waals surface area contributed by atoms with E-state index in [9.17, 15) is 18.0 Å². The fraction of sp³-hybridized carbons (Fsp3) is 0.619. The van der Waals surface area contributed by atoms with Crippen LogP contribution in [0.2, 0.25) is 0 Å². The second kappa shape index (κ2) is 8.28. The molecule has 2 saturated heterocycles. The molecule has 0 aromatic heterocycles. The van der Waals surface area contributed by atoms with Crippen LogP contribution in [-0.2, 0) is 30.8 Å². The van der Waals surface area contributed by atoms with Gasteiger partial charge in [0, 0.05) is 44.8 Å². The first kappa shape index (κ1) is 21.3. The van der Waals surface area contributed by atoms with Gasteiger partial charge in [0.15, 0.2) is 0 Å². The van der Waals surface area contributed by atoms with Gasteiger partial charge in [-0.1, -0.05) is 0 Å². The first-order chi connectivity index (χ1) is 14.3. The van der Waals surface area contributed by atoms with Crippen molar-refractivity contribution in [1.82, 2.24) is 9.21 Å². The van der Waals surface area contributed by atoms with Crippen molar-refractivity contribution in [3.63, 3.8) is 0 Å². The molecule has 4 rings (SSSR count). The fourth-order valence-corrected chi connectivity index (χ4v) is 6.38. The van der Waals surface area contributed by atoms with Gasteiger partial charge in [0.05, 0.1) is 24.0 Å². The van der Waals surface area contributed by atoms with E-state index in [0.717, 1.165) is 11.3 Å². The van der Waals surface area contributed by atoms with Gasteiger partial charge < -0.3 is 14.5 Å². The number of amides is 2. The normalized spacial score (nSPS) is 25.3. The van der Waals surface area contributed by atoms with Gasteiger partial charge in [0.25, 0.3) is 0 Å². The molecule has 1 aromatic carbocycles. The third-order valence-electron chi connectivity index (χ3n) is 6.30. The van der Waals surface area contributed by atoms with Crippen molar-refractivity contribution in [3.8, 4) is 0 Å². The Bertz CT molecular complexity index is 942. The lowest BCUT2D eigenvalue weighted by molar-refractivity contribution is -0.140. The Balaban J connectivity index is 1.53. The lowest BCUT2D eigenvalue weighted by Crippen LogP contribution is -2.49. The Kier molecular flexibility index (Phi) is 5.87. The molecule has 0 radical (unpaired) electrons. The third kappa shape index (κ3) is 3.86.